The average molecular weight is 558 g/mol. The third kappa shape index (κ3) is 6.92. The maximum absolute atomic E-state index is 13.0. The number of fused-ring (bicyclic) bond motifs is 1. The zero-order valence-corrected chi connectivity index (χ0v) is 24.1. The van der Waals surface area contributed by atoms with E-state index in [2.05, 4.69) is 31.1 Å². The number of nitrogens with zero attached hydrogens (tertiary/aromatic N) is 2. The Hall–Kier alpha value is -3.64. The Balaban J connectivity index is 1.21. The Morgan fingerprint density at radius 3 is 2.50 bits per heavy atom. The second-order valence-corrected chi connectivity index (χ2v) is 12.4. The SMILES string of the molecule is CC(C)(C)CC(=O)N1CCC(CNC(=O)c2cccc(Cc3cc(Cl)cc4cc(-c5ccccc5)oc34)n2)CC1. The predicted molar refractivity (Wildman–Crippen MR) is 159 cm³/mol. The van der Waals surface area contributed by atoms with Gasteiger partial charge in [-0.25, -0.2) is 4.98 Å². The molecule has 3 heterocycles. The molecule has 2 amide bonds. The van der Waals surface area contributed by atoms with E-state index in [1.807, 2.05) is 65.6 Å². The third-order valence-corrected chi connectivity index (χ3v) is 7.55. The molecule has 0 aliphatic carbocycles. The minimum absolute atomic E-state index is 0.00865. The lowest BCUT2D eigenvalue weighted by molar-refractivity contribution is -0.134. The maximum Gasteiger partial charge on any atom is 0.269 e. The van der Waals surface area contributed by atoms with Gasteiger partial charge in [-0.15, -0.1) is 0 Å². The molecule has 2 aromatic carbocycles. The van der Waals surface area contributed by atoms with E-state index >= 15 is 0 Å². The van der Waals surface area contributed by atoms with Crippen LogP contribution in [0.2, 0.25) is 5.02 Å². The Bertz CT molecular complexity index is 1500. The van der Waals surface area contributed by atoms with E-state index in [1.54, 1.807) is 6.07 Å². The molecule has 0 spiro atoms. The second kappa shape index (κ2) is 11.8. The summed E-state index contributed by atoms with van der Waals surface area (Å²) in [5.41, 5.74) is 3.83. The molecular weight excluding hydrogens is 522 g/mol. The Kier molecular flexibility index (Phi) is 8.27. The van der Waals surface area contributed by atoms with Crippen molar-refractivity contribution < 1.29 is 14.0 Å². The number of furan rings is 1. The van der Waals surface area contributed by atoms with Gasteiger partial charge in [-0.2, -0.15) is 0 Å². The average Bonchev–Trinajstić information content (AvgIpc) is 3.36. The highest BCUT2D eigenvalue weighted by molar-refractivity contribution is 6.31. The van der Waals surface area contributed by atoms with Gasteiger partial charge in [0.15, 0.2) is 0 Å². The molecule has 0 atom stereocenters. The summed E-state index contributed by atoms with van der Waals surface area (Å²) in [7, 11) is 0. The molecule has 208 valence electrons. The number of likely N-dealkylation sites (tertiary alicyclic amines) is 1. The minimum Gasteiger partial charge on any atom is -0.456 e. The summed E-state index contributed by atoms with van der Waals surface area (Å²) < 4.78 is 6.25. The second-order valence-electron chi connectivity index (χ2n) is 11.9. The molecule has 7 heteroatoms. The normalized spacial score (nSPS) is 14.4. The lowest BCUT2D eigenvalue weighted by Gasteiger charge is -2.33. The number of hydrogen-bond acceptors (Lipinski definition) is 4. The van der Waals surface area contributed by atoms with E-state index in [1.165, 1.54) is 0 Å². The highest BCUT2D eigenvalue weighted by atomic mass is 35.5. The molecule has 6 nitrogen and oxygen atoms in total. The van der Waals surface area contributed by atoms with E-state index < -0.39 is 0 Å². The lowest BCUT2D eigenvalue weighted by atomic mass is 9.90. The molecule has 5 rings (SSSR count). The van der Waals surface area contributed by atoms with E-state index in [0.717, 1.165) is 59.5 Å². The Morgan fingerprint density at radius 1 is 1.02 bits per heavy atom. The van der Waals surface area contributed by atoms with Crippen molar-refractivity contribution in [1.82, 2.24) is 15.2 Å². The quantitative estimate of drug-likeness (QED) is 0.262. The van der Waals surface area contributed by atoms with E-state index in [-0.39, 0.29) is 17.2 Å². The number of nitrogens with one attached hydrogen (secondary N) is 1. The largest absolute Gasteiger partial charge is 0.456 e. The predicted octanol–water partition coefficient (Wildman–Crippen LogP) is 7.14. The fraction of sp³-hybridized carbons (Fsp3) is 0.364. The minimum atomic E-state index is -0.186. The van der Waals surface area contributed by atoms with Crippen molar-refractivity contribution >= 4 is 34.4 Å². The first kappa shape index (κ1) is 27.9. The number of amides is 2. The molecule has 4 aromatic rings. The first-order chi connectivity index (χ1) is 19.1. The fourth-order valence-electron chi connectivity index (χ4n) is 5.24. The summed E-state index contributed by atoms with van der Waals surface area (Å²) in [5.74, 6) is 1.17. The van der Waals surface area contributed by atoms with Crippen LogP contribution in [0.5, 0.6) is 0 Å². The molecule has 40 heavy (non-hydrogen) atoms. The van der Waals surface area contributed by atoms with Gasteiger partial charge in [0.05, 0.1) is 0 Å². The van der Waals surface area contributed by atoms with Gasteiger partial charge in [-0.1, -0.05) is 68.8 Å². The maximum atomic E-state index is 13.0. The number of rotatable bonds is 7. The van der Waals surface area contributed by atoms with E-state index in [0.29, 0.717) is 36.0 Å². The van der Waals surface area contributed by atoms with Crippen LogP contribution in [0.25, 0.3) is 22.3 Å². The molecule has 1 aliphatic rings. The van der Waals surface area contributed by atoms with Crippen LogP contribution in [0.1, 0.15) is 61.8 Å². The Labute approximate surface area is 240 Å². The molecule has 0 bridgehead atoms. The summed E-state index contributed by atoms with van der Waals surface area (Å²) >= 11 is 6.45. The van der Waals surface area contributed by atoms with Gasteiger partial charge in [0.1, 0.15) is 17.0 Å². The van der Waals surface area contributed by atoms with Crippen molar-refractivity contribution in [1.29, 1.82) is 0 Å². The van der Waals surface area contributed by atoms with Crippen LogP contribution in [0.4, 0.5) is 0 Å². The molecule has 2 aromatic heterocycles. The highest BCUT2D eigenvalue weighted by Gasteiger charge is 2.26. The van der Waals surface area contributed by atoms with Crippen molar-refractivity contribution in [3.63, 3.8) is 0 Å². The number of carbonyl (C=O) groups is 2. The van der Waals surface area contributed by atoms with E-state index in [4.69, 9.17) is 16.0 Å². The van der Waals surface area contributed by atoms with Crippen molar-refractivity contribution in [2.75, 3.05) is 19.6 Å². The molecule has 0 saturated carbocycles. The van der Waals surface area contributed by atoms with Crippen molar-refractivity contribution in [2.24, 2.45) is 11.3 Å². The summed E-state index contributed by atoms with van der Waals surface area (Å²) in [4.78, 5) is 32.1. The van der Waals surface area contributed by atoms with Crippen LogP contribution in [-0.4, -0.2) is 41.3 Å². The van der Waals surface area contributed by atoms with Gasteiger partial charge in [0.2, 0.25) is 5.91 Å². The van der Waals surface area contributed by atoms with Gasteiger partial charge in [-0.05, 0) is 54.5 Å². The lowest BCUT2D eigenvalue weighted by Crippen LogP contribution is -2.42. The summed E-state index contributed by atoms with van der Waals surface area (Å²) in [6.45, 7) is 8.33. The zero-order valence-electron chi connectivity index (χ0n) is 23.4. The smallest absolute Gasteiger partial charge is 0.269 e. The summed E-state index contributed by atoms with van der Waals surface area (Å²) in [6.07, 6.45) is 2.83. The summed E-state index contributed by atoms with van der Waals surface area (Å²) in [6, 6.07) is 21.3. The number of halogens is 1. The molecule has 0 unspecified atom stereocenters. The zero-order chi connectivity index (χ0) is 28.3. The third-order valence-electron chi connectivity index (χ3n) is 7.33. The van der Waals surface area contributed by atoms with Crippen molar-refractivity contribution in [3.05, 3.63) is 88.7 Å². The van der Waals surface area contributed by atoms with Crippen molar-refractivity contribution in [2.45, 2.75) is 46.5 Å². The molecule has 1 aliphatic heterocycles. The van der Waals surface area contributed by atoms with Crippen LogP contribution in [0, 0.1) is 11.3 Å². The number of aromatic nitrogens is 1. The number of carbonyl (C=O) groups excluding carboxylic acids is 2. The van der Waals surface area contributed by atoms with Crippen LogP contribution < -0.4 is 5.32 Å². The number of benzene rings is 2. The Morgan fingerprint density at radius 2 is 1.77 bits per heavy atom. The van der Waals surface area contributed by atoms with Gasteiger partial charge >= 0.3 is 0 Å². The van der Waals surface area contributed by atoms with E-state index in [9.17, 15) is 9.59 Å². The molecule has 1 N–H and O–H groups in total. The van der Waals surface area contributed by atoms with Crippen LogP contribution in [0.3, 0.4) is 0 Å². The van der Waals surface area contributed by atoms with Gasteiger partial charge < -0.3 is 14.6 Å². The molecular formula is C33H36ClN3O3. The molecule has 0 radical (unpaired) electrons. The topological polar surface area (TPSA) is 75.4 Å². The van der Waals surface area contributed by atoms with Gasteiger partial charge in [-0.3, -0.25) is 9.59 Å². The first-order valence-corrected chi connectivity index (χ1v) is 14.3. The first-order valence-electron chi connectivity index (χ1n) is 13.9. The van der Waals surface area contributed by atoms with Crippen LogP contribution in [0.15, 0.2) is 71.1 Å². The van der Waals surface area contributed by atoms with Crippen LogP contribution >= 0.6 is 11.6 Å². The fourth-order valence-corrected chi connectivity index (χ4v) is 5.49. The molecule has 1 saturated heterocycles. The number of hydrogen-bond donors (Lipinski definition) is 1. The molecule has 1 fully saturated rings. The van der Waals surface area contributed by atoms with Crippen LogP contribution in [-0.2, 0) is 11.2 Å². The monoisotopic (exact) mass is 557 g/mol. The standard InChI is InChI=1S/C33H36ClN3O3/c1-33(2,3)20-30(38)37-14-12-22(13-15-37)21-35-32(39)28-11-7-10-27(36-28)18-24-16-26(34)17-25-19-29(40-31(24)25)23-8-5-4-6-9-23/h4-11,16-17,19,22H,12-15,18,20-21H2,1-3H3,(H,35,39). The van der Waals surface area contributed by atoms with Gasteiger partial charge in [0, 0.05) is 59.7 Å². The summed E-state index contributed by atoms with van der Waals surface area (Å²) in [5, 5.41) is 4.62. The van der Waals surface area contributed by atoms with Gasteiger partial charge in [0.25, 0.3) is 5.91 Å². The van der Waals surface area contributed by atoms with Crippen molar-refractivity contribution in [3.8, 4) is 11.3 Å². The number of pyridine rings is 1. The highest BCUT2D eigenvalue weighted by Crippen LogP contribution is 2.33. The number of piperidine rings is 1.